The number of hydrogen-bond donors (Lipinski definition) is 0. The average Bonchev–Trinajstić information content (AvgIpc) is 4.00. The van der Waals surface area contributed by atoms with Crippen LogP contribution in [0.2, 0.25) is 0 Å². The first-order valence-electron chi connectivity index (χ1n) is 26.3. The minimum atomic E-state index is 0.0104. The van der Waals surface area contributed by atoms with Crippen molar-refractivity contribution in [2.75, 3.05) is 0 Å². The van der Waals surface area contributed by atoms with E-state index in [9.17, 15) is 0 Å². The standard InChI is InChI=1S/C69H53N5/c1-6-22-46(23-7-1)51-40-52(47-24-8-2-9-25-47)42-53(41-51)68-70-67(50-30-14-5-15-31-50)71-69(72-68)54-43-59(48-26-10-3-11-27-48)66(60(44-54)49-28-12-4-13-29-49)74-64-37-21-18-34-58(64)61-45-55(38-39-65(61)74)73-62-35-19-16-32-56(62)57-33-17-20-36-63(57)73/h1-8,10-19,21-22,24,26-30,32-35,37-46,50H,9,20,23,25,31,36H2/t46-,50?/m1/s1. The summed E-state index contributed by atoms with van der Waals surface area (Å²) >= 11 is 0. The smallest absolute Gasteiger partial charge is 0.163 e. The Bertz CT molecular complexity index is 4020. The number of benzene rings is 7. The molecule has 0 bridgehead atoms. The van der Waals surface area contributed by atoms with Gasteiger partial charge in [-0.2, -0.15) is 0 Å². The second-order valence-corrected chi connectivity index (χ2v) is 20.0. The van der Waals surface area contributed by atoms with Crippen molar-refractivity contribution in [3.8, 4) is 56.4 Å². The van der Waals surface area contributed by atoms with E-state index in [1.165, 1.54) is 55.3 Å². The molecule has 0 spiro atoms. The molecule has 0 saturated carbocycles. The van der Waals surface area contributed by atoms with Gasteiger partial charge in [-0.15, -0.1) is 0 Å². The molecule has 10 aromatic rings. The molecule has 5 nitrogen and oxygen atoms in total. The third kappa shape index (κ3) is 7.75. The van der Waals surface area contributed by atoms with Crippen LogP contribution in [-0.2, 0) is 6.42 Å². The van der Waals surface area contributed by atoms with Gasteiger partial charge in [-0.25, -0.2) is 15.0 Å². The lowest BCUT2D eigenvalue weighted by Crippen LogP contribution is -2.09. The molecule has 354 valence electrons. The van der Waals surface area contributed by atoms with E-state index >= 15 is 0 Å². The maximum atomic E-state index is 5.55. The van der Waals surface area contributed by atoms with E-state index in [-0.39, 0.29) is 11.8 Å². The molecule has 0 N–H and O–H groups in total. The van der Waals surface area contributed by atoms with Crippen LogP contribution in [0.15, 0.2) is 231 Å². The van der Waals surface area contributed by atoms with E-state index in [1.54, 1.807) is 0 Å². The number of rotatable bonds is 9. The van der Waals surface area contributed by atoms with Crippen molar-refractivity contribution in [2.45, 2.75) is 50.4 Å². The highest BCUT2D eigenvalue weighted by Gasteiger charge is 2.26. The summed E-state index contributed by atoms with van der Waals surface area (Å²) in [5.41, 5.74) is 18.7. The predicted molar refractivity (Wildman–Crippen MR) is 308 cm³/mol. The molecule has 0 amide bonds. The van der Waals surface area contributed by atoms with Crippen LogP contribution >= 0.6 is 0 Å². The van der Waals surface area contributed by atoms with Gasteiger partial charge in [-0.1, -0.05) is 182 Å². The summed E-state index contributed by atoms with van der Waals surface area (Å²) < 4.78 is 5.01. The molecule has 1 unspecified atom stereocenters. The number of hydrogen-bond acceptors (Lipinski definition) is 3. The number of allylic oxidation sites excluding steroid dienone is 13. The summed E-state index contributed by atoms with van der Waals surface area (Å²) in [7, 11) is 0. The van der Waals surface area contributed by atoms with Crippen LogP contribution in [0, 0.1) is 0 Å². The van der Waals surface area contributed by atoms with Gasteiger partial charge in [-0.05, 0) is 121 Å². The van der Waals surface area contributed by atoms with E-state index < -0.39 is 0 Å². The molecular weight excluding hydrogens is 899 g/mol. The molecule has 2 atom stereocenters. The number of fused-ring (bicyclic) bond motifs is 6. The summed E-state index contributed by atoms with van der Waals surface area (Å²) in [6.45, 7) is 0. The Morgan fingerprint density at radius 2 is 1.05 bits per heavy atom. The fourth-order valence-corrected chi connectivity index (χ4v) is 11.9. The summed E-state index contributed by atoms with van der Waals surface area (Å²) in [6.07, 6.45) is 34.8. The van der Waals surface area contributed by atoms with E-state index in [2.05, 4.69) is 246 Å². The largest absolute Gasteiger partial charge is 0.313 e. The molecule has 3 heterocycles. The SMILES string of the molecule is C1=CCCC(c2cc(-c3nc(-c4cc(-c5ccccc5)c(-n5c6ccccc6c6cc(-n7c8c(c9ccccc97)C=CCC8)ccc65)c(-c5ccccc5)c4)nc(C4C=CC=CC4)n3)cc([C@@H]3C=CC=CC3)c2)=C1. The topological polar surface area (TPSA) is 48.5 Å². The van der Waals surface area contributed by atoms with Gasteiger partial charge in [0.1, 0.15) is 5.82 Å². The Morgan fingerprint density at radius 1 is 0.432 bits per heavy atom. The van der Waals surface area contributed by atoms with Gasteiger partial charge < -0.3 is 9.13 Å². The monoisotopic (exact) mass is 951 g/mol. The quantitative estimate of drug-likeness (QED) is 0.145. The molecule has 0 radical (unpaired) electrons. The highest BCUT2D eigenvalue weighted by Crippen LogP contribution is 2.45. The summed E-state index contributed by atoms with van der Waals surface area (Å²) in [5, 5.41) is 3.72. The van der Waals surface area contributed by atoms with Crippen LogP contribution in [0.3, 0.4) is 0 Å². The van der Waals surface area contributed by atoms with Crippen LogP contribution in [0.1, 0.15) is 72.1 Å². The van der Waals surface area contributed by atoms with E-state index in [0.29, 0.717) is 11.6 Å². The molecule has 3 aromatic heterocycles. The lowest BCUT2D eigenvalue weighted by atomic mass is 9.87. The molecule has 4 aliphatic rings. The molecule has 4 aliphatic carbocycles. The van der Waals surface area contributed by atoms with Crippen molar-refractivity contribution >= 4 is 44.4 Å². The Morgan fingerprint density at radius 3 is 1.74 bits per heavy atom. The fraction of sp³-hybridized carbons (Fsp3) is 0.116. The number of nitrogens with zero attached hydrogens (tertiary/aromatic N) is 5. The Labute approximate surface area is 431 Å². The Hall–Kier alpha value is -8.93. The Kier molecular flexibility index (Phi) is 11.0. The molecule has 7 aromatic carbocycles. The minimum absolute atomic E-state index is 0.0104. The van der Waals surface area contributed by atoms with Gasteiger partial charge >= 0.3 is 0 Å². The van der Waals surface area contributed by atoms with E-state index in [4.69, 9.17) is 15.0 Å². The average molecular weight is 952 g/mol. The van der Waals surface area contributed by atoms with E-state index in [0.717, 1.165) is 94.5 Å². The predicted octanol–water partition coefficient (Wildman–Crippen LogP) is 17.5. The molecular formula is C69H53N5. The fourth-order valence-electron chi connectivity index (χ4n) is 11.9. The van der Waals surface area contributed by atoms with Gasteiger partial charge in [0.15, 0.2) is 11.6 Å². The van der Waals surface area contributed by atoms with E-state index in [1.807, 2.05) is 0 Å². The van der Waals surface area contributed by atoms with Gasteiger partial charge in [0.25, 0.3) is 0 Å². The van der Waals surface area contributed by atoms with Crippen molar-refractivity contribution in [3.05, 3.63) is 259 Å². The van der Waals surface area contributed by atoms with Crippen LogP contribution in [-0.4, -0.2) is 24.1 Å². The van der Waals surface area contributed by atoms with Crippen molar-refractivity contribution < 1.29 is 0 Å². The van der Waals surface area contributed by atoms with Gasteiger partial charge in [-0.3, -0.25) is 0 Å². The van der Waals surface area contributed by atoms with Gasteiger partial charge in [0, 0.05) is 67.2 Å². The van der Waals surface area contributed by atoms with Crippen molar-refractivity contribution in [3.63, 3.8) is 0 Å². The lowest BCUT2D eigenvalue weighted by molar-refractivity contribution is 0.764. The molecule has 5 heteroatoms. The normalized spacial score (nSPS) is 16.9. The van der Waals surface area contributed by atoms with Crippen LogP contribution < -0.4 is 0 Å². The zero-order chi connectivity index (χ0) is 49.0. The molecule has 0 fully saturated rings. The number of para-hydroxylation sites is 2. The van der Waals surface area contributed by atoms with Gasteiger partial charge in [0.05, 0.1) is 22.2 Å². The van der Waals surface area contributed by atoms with Crippen molar-refractivity contribution in [1.82, 2.24) is 24.1 Å². The highest BCUT2D eigenvalue weighted by molar-refractivity contribution is 6.11. The first-order valence-corrected chi connectivity index (χ1v) is 26.3. The molecule has 0 aliphatic heterocycles. The van der Waals surface area contributed by atoms with Crippen LogP contribution in [0.5, 0.6) is 0 Å². The Balaban J connectivity index is 1.01. The second-order valence-electron chi connectivity index (χ2n) is 20.0. The molecule has 14 rings (SSSR count). The van der Waals surface area contributed by atoms with Crippen molar-refractivity contribution in [1.29, 1.82) is 0 Å². The lowest BCUT2D eigenvalue weighted by Gasteiger charge is -2.22. The third-order valence-electron chi connectivity index (χ3n) is 15.5. The first kappa shape index (κ1) is 43.8. The summed E-state index contributed by atoms with van der Waals surface area (Å²) in [6, 6.07) is 58.3. The van der Waals surface area contributed by atoms with Crippen molar-refractivity contribution in [2.24, 2.45) is 0 Å². The first-order chi connectivity index (χ1) is 36.7. The van der Waals surface area contributed by atoms with Crippen LogP contribution in [0.25, 0.3) is 101 Å². The second kappa shape index (κ2) is 18.6. The third-order valence-corrected chi connectivity index (χ3v) is 15.5. The number of aromatic nitrogens is 5. The maximum Gasteiger partial charge on any atom is 0.163 e. The summed E-state index contributed by atoms with van der Waals surface area (Å²) in [5.74, 6) is 2.40. The summed E-state index contributed by atoms with van der Waals surface area (Å²) in [4.78, 5) is 16.4. The van der Waals surface area contributed by atoms with Crippen LogP contribution in [0.4, 0.5) is 0 Å². The molecule has 0 saturated heterocycles. The maximum absolute atomic E-state index is 5.55. The zero-order valence-corrected chi connectivity index (χ0v) is 41.2. The molecule has 74 heavy (non-hydrogen) atoms. The minimum Gasteiger partial charge on any atom is -0.313 e. The highest BCUT2D eigenvalue weighted by atomic mass is 15.0. The zero-order valence-electron chi connectivity index (χ0n) is 41.2. The van der Waals surface area contributed by atoms with Gasteiger partial charge in [0.2, 0.25) is 0 Å².